The number of aromatic nitrogens is 4. The van der Waals surface area contributed by atoms with E-state index >= 15 is 0 Å². The first-order valence-corrected chi connectivity index (χ1v) is 9.35. The van der Waals surface area contributed by atoms with Crippen LogP contribution < -0.4 is 0 Å². The molecule has 0 spiro atoms. The van der Waals surface area contributed by atoms with Crippen LogP contribution in [-0.4, -0.2) is 24.9 Å². The molecule has 0 amide bonds. The zero-order valence-corrected chi connectivity index (χ0v) is 15.8. The van der Waals surface area contributed by atoms with Crippen LogP contribution in [0.25, 0.3) is 22.6 Å². The lowest BCUT2D eigenvalue weighted by molar-refractivity contribution is 0.282. The number of aliphatic hydroxyl groups excluding tert-OH is 1. The summed E-state index contributed by atoms with van der Waals surface area (Å²) < 4.78 is 2.12. The van der Waals surface area contributed by atoms with Crippen molar-refractivity contribution in [2.45, 2.75) is 26.5 Å². The molecule has 5 nitrogen and oxygen atoms in total. The van der Waals surface area contributed by atoms with Crippen molar-refractivity contribution in [2.24, 2.45) is 0 Å². The summed E-state index contributed by atoms with van der Waals surface area (Å²) in [6.07, 6.45) is 2.71. The minimum Gasteiger partial charge on any atom is -0.392 e. The average molecular weight is 370 g/mol. The molecule has 2 aromatic carbocycles. The number of aryl methyl sites for hydroxylation is 2. The van der Waals surface area contributed by atoms with Gasteiger partial charge in [-0.2, -0.15) is 0 Å². The summed E-state index contributed by atoms with van der Waals surface area (Å²) in [5.41, 5.74) is 5.12. The summed E-state index contributed by atoms with van der Waals surface area (Å²) in [5, 5.41) is 17.9. The van der Waals surface area contributed by atoms with Gasteiger partial charge in [0.25, 0.3) is 0 Å². The number of benzene rings is 2. The Balaban J connectivity index is 1.62. The van der Waals surface area contributed by atoms with Crippen molar-refractivity contribution in [1.29, 1.82) is 0 Å². The first-order valence-electron chi connectivity index (χ1n) is 9.35. The highest BCUT2D eigenvalue weighted by atomic mass is 16.3. The molecule has 5 heteroatoms. The van der Waals surface area contributed by atoms with Crippen LogP contribution in [0.15, 0.2) is 72.9 Å². The minimum atomic E-state index is 0.0473. The Labute approximate surface area is 164 Å². The molecule has 1 N–H and O–H groups in total. The maximum absolute atomic E-state index is 9.23. The third kappa shape index (κ3) is 3.85. The van der Waals surface area contributed by atoms with Gasteiger partial charge in [0.1, 0.15) is 11.5 Å². The number of aliphatic hydroxyl groups is 1. The second-order valence-corrected chi connectivity index (χ2v) is 6.74. The number of nitrogens with zero attached hydrogens (tertiary/aromatic N) is 4. The molecule has 2 heterocycles. The number of pyridine rings is 1. The molecule has 140 valence electrons. The lowest BCUT2D eigenvalue weighted by Gasteiger charge is -2.10. The summed E-state index contributed by atoms with van der Waals surface area (Å²) >= 11 is 0. The molecule has 0 saturated heterocycles. The summed E-state index contributed by atoms with van der Waals surface area (Å²) in [5.74, 6) is 1.66. The van der Waals surface area contributed by atoms with E-state index in [1.807, 2.05) is 49.4 Å². The van der Waals surface area contributed by atoms with E-state index < -0.39 is 0 Å². The molecule has 0 bridgehead atoms. The molecule has 0 aliphatic rings. The van der Waals surface area contributed by atoms with Crippen LogP contribution in [0, 0.1) is 6.92 Å². The zero-order valence-electron chi connectivity index (χ0n) is 15.8. The van der Waals surface area contributed by atoms with Crippen molar-refractivity contribution in [3.63, 3.8) is 0 Å². The fourth-order valence-electron chi connectivity index (χ4n) is 3.26. The van der Waals surface area contributed by atoms with Crippen molar-refractivity contribution < 1.29 is 5.11 Å². The first kappa shape index (κ1) is 18.1. The third-order valence-electron chi connectivity index (χ3n) is 4.86. The van der Waals surface area contributed by atoms with Crippen molar-refractivity contribution in [3.05, 3.63) is 89.9 Å². The Hall–Kier alpha value is -3.31. The van der Waals surface area contributed by atoms with Crippen LogP contribution in [0.2, 0.25) is 0 Å². The van der Waals surface area contributed by atoms with Crippen LogP contribution in [-0.2, 0) is 19.6 Å². The highest BCUT2D eigenvalue weighted by molar-refractivity contribution is 5.68. The molecule has 0 saturated carbocycles. The highest BCUT2D eigenvalue weighted by Crippen LogP contribution is 2.24. The highest BCUT2D eigenvalue weighted by Gasteiger charge is 2.13. The van der Waals surface area contributed by atoms with Gasteiger partial charge in [-0.1, -0.05) is 54.6 Å². The van der Waals surface area contributed by atoms with Crippen molar-refractivity contribution in [2.75, 3.05) is 0 Å². The van der Waals surface area contributed by atoms with Crippen molar-refractivity contribution in [3.8, 4) is 22.6 Å². The van der Waals surface area contributed by atoms with Crippen LogP contribution in [0.1, 0.15) is 17.0 Å². The third-order valence-corrected chi connectivity index (χ3v) is 4.86. The second kappa shape index (κ2) is 8.15. The van der Waals surface area contributed by atoms with Gasteiger partial charge in [0.15, 0.2) is 5.82 Å². The predicted molar refractivity (Wildman–Crippen MR) is 109 cm³/mol. The molecule has 4 aromatic rings. The predicted octanol–water partition coefficient (Wildman–Crippen LogP) is 4.05. The normalized spacial score (nSPS) is 10.9. The van der Waals surface area contributed by atoms with Gasteiger partial charge < -0.3 is 9.67 Å². The van der Waals surface area contributed by atoms with Gasteiger partial charge in [-0.25, -0.2) is 0 Å². The molecule has 0 aliphatic carbocycles. The zero-order chi connectivity index (χ0) is 19.3. The molecule has 0 unspecified atom stereocenters. The van der Waals surface area contributed by atoms with Gasteiger partial charge in [0, 0.05) is 12.7 Å². The summed E-state index contributed by atoms with van der Waals surface area (Å²) in [7, 11) is 0. The monoisotopic (exact) mass is 370 g/mol. The fraction of sp³-hybridized carbons (Fsp3) is 0.174. The molecule has 28 heavy (non-hydrogen) atoms. The largest absolute Gasteiger partial charge is 0.392 e. The maximum atomic E-state index is 9.23. The second-order valence-electron chi connectivity index (χ2n) is 6.74. The quantitative estimate of drug-likeness (QED) is 0.556. The molecular formula is C23H22N4O. The van der Waals surface area contributed by atoms with Crippen LogP contribution in [0.5, 0.6) is 0 Å². The molecule has 0 radical (unpaired) electrons. The van der Waals surface area contributed by atoms with Crippen LogP contribution in [0.4, 0.5) is 0 Å². The Kier molecular flexibility index (Phi) is 5.26. The Morgan fingerprint density at radius 1 is 0.857 bits per heavy atom. The van der Waals surface area contributed by atoms with Crippen LogP contribution >= 0.6 is 0 Å². The Morgan fingerprint density at radius 3 is 2.39 bits per heavy atom. The Morgan fingerprint density at radius 2 is 1.64 bits per heavy atom. The molecular weight excluding hydrogens is 348 g/mol. The molecule has 4 rings (SSSR count). The topological polar surface area (TPSA) is 63.8 Å². The van der Waals surface area contributed by atoms with Gasteiger partial charge in [-0.3, -0.25) is 4.98 Å². The SMILES string of the molecule is Cc1nnc(-c2cc(-c3ccc(CO)cc3)ccn2)n1CCc1ccccc1. The van der Waals surface area contributed by atoms with E-state index in [2.05, 4.69) is 44.0 Å². The first-order chi connectivity index (χ1) is 13.7. The van der Waals surface area contributed by atoms with E-state index in [9.17, 15) is 5.11 Å². The van der Waals surface area contributed by atoms with Gasteiger partial charge in [0.2, 0.25) is 0 Å². The fourth-order valence-corrected chi connectivity index (χ4v) is 3.26. The number of hydrogen-bond acceptors (Lipinski definition) is 4. The van der Waals surface area contributed by atoms with Gasteiger partial charge >= 0.3 is 0 Å². The minimum absolute atomic E-state index is 0.0473. The number of hydrogen-bond donors (Lipinski definition) is 1. The average Bonchev–Trinajstić information content (AvgIpc) is 3.13. The van der Waals surface area contributed by atoms with Crippen LogP contribution in [0.3, 0.4) is 0 Å². The van der Waals surface area contributed by atoms with E-state index in [1.165, 1.54) is 5.56 Å². The van der Waals surface area contributed by atoms with E-state index in [0.717, 1.165) is 47.0 Å². The maximum Gasteiger partial charge on any atom is 0.182 e. The molecule has 0 fully saturated rings. The van der Waals surface area contributed by atoms with Crippen molar-refractivity contribution >= 4 is 0 Å². The number of rotatable bonds is 6. The summed E-state index contributed by atoms with van der Waals surface area (Å²) in [6.45, 7) is 2.82. The van der Waals surface area contributed by atoms with E-state index in [4.69, 9.17) is 0 Å². The molecule has 0 aliphatic heterocycles. The van der Waals surface area contributed by atoms with Gasteiger partial charge in [0.05, 0.1) is 6.61 Å². The van der Waals surface area contributed by atoms with Gasteiger partial charge in [-0.05, 0) is 47.7 Å². The van der Waals surface area contributed by atoms with Gasteiger partial charge in [-0.15, -0.1) is 10.2 Å². The van der Waals surface area contributed by atoms with Crippen molar-refractivity contribution in [1.82, 2.24) is 19.7 Å². The smallest absolute Gasteiger partial charge is 0.182 e. The molecule has 2 aromatic heterocycles. The summed E-state index contributed by atoms with van der Waals surface area (Å²) in [6, 6.07) is 22.3. The molecule has 0 atom stereocenters. The van der Waals surface area contributed by atoms with E-state index in [1.54, 1.807) is 6.20 Å². The van der Waals surface area contributed by atoms with E-state index in [-0.39, 0.29) is 6.61 Å². The lowest BCUT2D eigenvalue weighted by atomic mass is 10.0. The summed E-state index contributed by atoms with van der Waals surface area (Å²) in [4.78, 5) is 4.53. The lowest BCUT2D eigenvalue weighted by Crippen LogP contribution is -2.06. The Bertz CT molecular complexity index is 1060. The van der Waals surface area contributed by atoms with E-state index in [0.29, 0.717) is 0 Å². The standard InChI is InChI=1S/C23H22N4O/c1-17-25-26-23(27(17)14-12-18-5-3-2-4-6-18)22-15-21(11-13-24-22)20-9-7-19(16-28)8-10-20/h2-11,13,15,28H,12,14,16H2,1H3.